The topological polar surface area (TPSA) is 72.6 Å². The van der Waals surface area contributed by atoms with Crippen LogP contribution in [-0.2, 0) is 9.53 Å². The number of esters is 1. The molecule has 0 aromatic carbocycles. The SMILES string of the molecule is COC(=O)C1CN(CCCCCCC(=O)c2cc(-c3ccc(F)s3)on2)C1. The van der Waals surface area contributed by atoms with E-state index in [9.17, 15) is 14.0 Å². The Labute approximate surface area is 161 Å². The van der Waals surface area contributed by atoms with E-state index in [1.54, 1.807) is 12.1 Å². The lowest BCUT2D eigenvalue weighted by Gasteiger charge is -2.37. The average Bonchev–Trinajstić information content (AvgIpc) is 3.27. The number of halogens is 1. The summed E-state index contributed by atoms with van der Waals surface area (Å²) < 4.78 is 22.9. The smallest absolute Gasteiger partial charge is 0.311 e. The van der Waals surface area contributed by atoms with Gasteiger partial charge in [0.15, 0.2) is 16.7 Å². The lowest BCUT2D eigenvalue weighted by molar-refractivity contribution is -0.151. The van der Waals surface area contributed by atoms with Crippen LogP contribution in [0.1, 0.15) is 42.6 Å². The predicted molar refractivity (Wildman–Crippen MR) is 99.1 cm³/mol. The van der Waals surface area contributed by atoms with Gasteiger partial charge < -0.3 is 14.2 Å². The van der Waals surface area contributed by atoms with Gasteiger partial charge in [0.1, 0.15) is 5.69 Å². The highest BCUT2D eigenvalue weighted by Gasteiger charge is 2.32. The van der Waals surface area contributed by atoms with Crippen LogP contribution in [0.4, 0.5) is 4.39 Å². The highest BCUT2D eigenvalue weighted by atomic mass is 32.1. The van der Waals surface area contributed by atoms with Gasteiger partial charge in [-0.25, -0.2) is 0 Å². The molecule has 0 atom stereocenters. The highest BCUT2D eigenvalue weighted by molar-refractivity contribution is 7.13. The number of Topliss-reactive ketones (excluding diaryl/α,β-unsaturated/α-hetero) is 1. The van der Waals surface area contributed by atoms with Crippen LogP contribution < -0.4 is 0 Å². The number of aromatic nitrogens is 1. The Morgan fingerprint density at radius 1 is 1.30 bits per heavy atom. The van der Waals surface area contributed by atoms with Crippen LogP contribution in [-0.4, -0.2) is 48.6 Å². The fraction of sp³-hybridized carbons (Fsp3) is 0.526. The first-order chi connectivity index (χ1) is 13.1. The Bertz CT molecular complexity index is 782. The number of methoxy groups -OCH3 is 1. The fourth-order valence-corrected chi connectivity index (χ4v) is 3.82. The van der Waals surface area contributed by atoms with Crippen molar-refractivity contribution in [3.63, 3.8) is 0 Å². The average molecular weight is 394 g/mol. The van der Waals surface area contributed by atoms with E-state index in [2.05, 4.69) is 10.1 Å². The molecule has 2 aromatic heterocycles. The molecule has 3 heterocycles. The second-order valence-corrected chi connectivity index (χ2v) is 7.78. The molecule has 0 aliphatic carbocycles. The third-order valence-electron chi connectivity index (χ3n) is 4.73. The molecule has 27 heavy (non-hydrogen) atoms. The summed E-state index contributed by atoms with van der Waals surface area (Å²) in [6.07, 6.45) is 4.31. The molecule has 0 N–H and O–H groups in total. The Kier molecular flexibility index (Phi) is 6.73. The number of carbonyl (C=O) groups excluding carboxylic acids is 2. The third kappa shape index (κ3) is 5.23. The molecule has 2 aromatic rings. The van der Waals surface area contributed by atoms with Crippen LogP contribution in [0.3, 0.4) is 0 Å². The molecule has 146 valence electrons. The van der Waals surface area contributed by atoms with Crippen molar-refractivity contribution < 1.29 is 23.2 Å². The van der Waals surface area contributed by atoms with E-state index in [1.807, 2.05) is 0 Å². The maximum atomic E-state index is 13.1. The predicted octanol–water partition coefficient (Wildman–Crippen LogP) is 3.78. The van der Waals surface area contributed by atoms with Crippen LogP contribution in [0, 0.1) is 11.0 Å². The first kappa shape index (κ1) is 19.7. The van der Waals surface area contributed by atoms with Crippen molar-refractivity contribution in [3.8, 4) is 10.6 Å². The summed E-state index contributed by atoms with van der Waals surface area (Å²) in [5.74, 6) is 0.286. The van der Waals surface area contributed by atoms with Gasteiger partial charge in [-0.15, -0.1) is 11.3 Å². The minimum atomic E-state index is -0.298. The van der Waals surface area contributed by atoms with E-state index >= 15 is 0 Å². The van der Waals surface area contributed by atoms with Gasteiger partial charge >= 0.3 is 5.97 Å². The summed E-state index contributed by atoms with van der Waals surface area (Å²) in [4.78, 5) is 26.4. The number of ether oxygens (including phenoxy) is 1. The number of thiophene rings is 1. The number of carbonyl (C=O) groups is 2. The van der Waals surface area contributed by atoms with E-state index < -0.39 is 0 Å². The van der Waals surface area contributed by atoms with Gasteiger partial charge in [-0.1, -0.05) is 18.0 Å². The normalized spacial score (nSPS) is 14.9. The third-order valence-corrected chi connectivity index (χ3v) is 5.62. The monoisotopic (exact) mass is 394 g/mol. The summed E-state index contributed by atoms with van der Waals surface area (Å²) in [6.45, 7) is 2.55. The summed E-state index contributed by atoms with van der Waals surface area (Å²) in [7, 11) is 1.42. The van der Waals surface area contributed by atoms with E-state index in [4.69, 9.17) is 9.26 Å². The summed E-state index contributed by atoms with van der Waals surface area (Å²) >= 11 is 0.963. The molecular formula is C19H23FN2O4S. The second kappa shape index (κ2) is 9.23. The first-order valence-corrected chi connectivity index (χ1v) is 9.94. The molecule has 1 aliphatic rings. The number of rotatable bonds is 10. The van der Waals surface area contributed by atoms with E-state index in [0.717, 1.165) is 56.7 Å². The van der Waals surface area contributed by atoms with E-state index in [-0.39, 0.29) is 22.8 Å². The van der Waals surface area contributed by atoms with Gasteiger partial charge in [0.05, 0.1) is 17.9 Å². The minimum absolute atomic E-state index is 0.0330. The highest BCUT2D eigenvalue weighted by Crippen LogP contribution is 2.28. The quantitative estimate of drug-likeness (QED) is 0.347. The van der Waals surface area contributed by atoms with Crippen LogP contribution in [0.2, 0.25) is 0 Å². The minimum Gasteiger partial charge on any atom is -0.469 e. The molecule has 1 fully saturated rings. The molecule has 0 amide bonds. The van der Waals surface area contributed by atoms with Gasteiger partial charge in [0, 0.05) is 25.6 Å². The number of nitrogens with zero attached hydrogens (tertiary/aromatic N) is 2. The zero-order valence-corrected chi connectivity index (χ0v) is 16.1. The largest absolute Gasteiger partial charge is 0.469 e. The molecule has 6 nitrogen and oxygen atoms in total. The van der Waals surface area contributed by atoms with Gasteiger partial charge in [-0.3, -0.25) is 9.59 Å². The number of likely N-dealkylation sites (tertiary alicyclic amines) is 1. The van der Waals surface area contributed by atoms with Crippen molar-refractivity contribution in [2.75, 3.05) is 26.7 Å². The van der Waals surface area contributed by atoms with E-state index in [1.165, 1.54) is 13.2 Å². The van der Waals surface area contributed by atoms with Gasteiger partial charge in [-0.2, -0.15) is 4.39 Å². The fourth-order valence-electron chi connectivity index (χ4n) is 3.14. The molecule has 0 spiro atoms. The second-order valence-electron chi connectivity index (χ2n) is 6.75. The summed E-state index contributed by atoms with van der Waals surface area (Å²) in [5, 5.41) is 3.50. The van der Waals surface area contributed by atoms with Crippen molar-refractivity contribution in [3.05, 3.63) is 29.0 Å². The Balaban J connectivity index is 1.28. The molecule has 0 radical (unpaired) electrons. The van der Waals surface area contributed by atoms with Crippen molar-refractivity contribution in [1.29, 1.82) is 0 Å². The number of unbranched alkanes of at least 4 members (excludes halogenated alkanes) is 3. The molecule has 1 aliphatic heterocycles. The van der Waals surface area contributed by atoms with E-state index in [0.29, 0.717) is 22.8 Å². The van der Waals surface area contributed by atoms with Crippen molar-refractivity contribution >= 4 is 23.1 Å². The standard InChI is InChI=1S/C19H23FN2O4S/c1-25-19(24)13-11-22(12-13)9-5-3-2-4-6-15(23)14-10-16(26-21-14)17-7-8-18(20)27-17/h7-8,10,13H,2-6,9,11-12H2,1H3. The number of hydrogen-bond donors (Lipinski definition) is 0. The summed E-state index contributed by atoms with van der Waals surface area (Å²) in [5.41, 5.74) is 0.299. The summed E-state index contributed by atoms with van der Waals surface area (Å²) in [6, 6.07) is 4.55. The first-order valence-electron chi connectivity index (χ1n) is 9.12. The van der Waals surface area contributed by atoms with Crippen LogP contribution in [0.5, 0.6) is 0 Å². The lowest BCUT2D eigenvalue weighted by Crippen LogP contribution is -2.50. The Morgan fingerprint density at radius 3 is 2.78 bits per heavy atom. The maximum absolute atomic E-state index is 13.1. The molecule has 1 saturated heterocycles. The molecule has 0 saturated carbocycles. The molecule has 0 bridgehead atoms. The van der Waals surface area contributed by atoms with Gasteiger partial charge in [-0.05, 0) is 31.5 Å². The Morgan fingerprint density at radius 2 is 2.07 bits per heavy atom. The lowest BCUT2D eigenvalue weighted by atomic mass is 9.99. The number of hydrogen-bond acceptors (Lipinski definition) is 7. The zero-order chi connectivity index (χ0) is 19.2. The van der Waals surface area contributed by atoms with Crippen LogP contribution >= 0.6 is 11.3 Å². The maximum Gasteiger partial charge on any atom is 0.311 e. The molecule has 3 rings (SSSR count). The van der Waals surface area contributed by atoms with Crippen molar-refractivity contribution in [1.82, 2.24) is 10.1 Å². The molecule has 0 unspecified atom stereocenters. The zero-order valence-electron chi connectivity index (χ0n) is 15.3. The molecule has 8 heteroatoms. The van der Waals surface area contributed by atoms with Crippen LogP contribution in [0.25, 0.3) is 10.6 Å². The number of ketones is 1. The Hall–Kier alpha value is -2.06. The molecular weight excluding hydrogens is 371 g/mol. The van der Waals surface area contributed by atoms with Crippen LogP contribution in [0.15, 0.2) is 22.7 Å². The van der Waals surface area contributed by atoms with Crippen molar-refractivity contribution in [2.45, 2.75) is 32.1 Å². The van der Waals surface area contributed by atoms with Gasteiger partial charge in [0.25, 0.3) is 0 Å². The van der Waals surface area contributed by atoms with Gasteiger partial charge in [0.2, 0.25) is 0 Å². The van der Waals surface area contributed by atoms with Crippen molar-refractivity contribution in [2.24, 2.45) is 5.92 Å².